The number of benzene rings is 2. The van der Waals surface area contributed by atoms with Crippen molar-refractivity contribution in [1.29, 1.82) is 0 Å². The van der Waals surface area contributed by atoms with Crippen molar-refractivity contribution in [1.82, 2.24) is 0 Å². The second-order valence-electron chi connectivity index (χ2n) is 5.56. The molecule has 3 heteroatoms. The Morgan fingerprint density at radius 1 is 0.955 bits per heavy atom. The Balaban J connectivity index is 1.96. The minimum atomic E-state index is 0.310. The molecule has 0 aromatic heterocycles. The van der Waals surface area contributed by atoms with Crippen LogP contribution in [0.5, 0.6) is 5.75 Å². The zero-order valence-corrected chi connectivity index (χ0v) is 13.5. The third kappa shape index (κ3) is 4.69. The van der Waals surface area contributed by atoms with Crippen molar-refractivity contribution >= 4 is 11.4 Å². The predicted octanol–water partition coefficient (Wildman–Crippen LogP) is 4.63. The van der Waals surface area contributed by atoms with Crippen LogP contribution in [0.25, 0.3) is 0 Å². The summed E-state index contributed by atoms with van der Waals surface area (Å²) >= 11 is 0. The maximum atomic E-state index is 9.48. The molecule has 0 saturated carbocycles. The lowest BCUT2D eigenvalue weighted by atomic mass is 10.2. The average Bonchev–Trinajstić information content (AvgIpc) is 2.53. The summed E-state index contributed by atoms with van der Waals surface area (Å²) in [4.78, 5) is 2.43. The fraction of sp³-hybridized carbons (Fsp3) is 0.368. The monoisotopic (exact) mass is 298 g/mol. The summed E-state index contributed by atoms with van der Waals surface area (Å²) in [6.07, 6.45) is 2.33. The zero-order valence-electron chi connectivity index (χ0n) is 13.5. The summed E-state index contributed by atoms with van der Waals surface area (Å²) in [7, 11) is 0. The van der Waals surface area contributed by atoms with Crippen molar-refractivity contribution in [3.8, 4) is 5.75 Å². The van der Waals surface area contributed by atoms with Crippen molar-refractivity contribution in [3.63, 3.8) is 0 Å². The second kappa shape index (κ2) is 8.32. The molecule has 3 nitrogen and oxygen atoms in total. The van der Waals surface area contributed by atoms with Crippen molar-refractivity contribution in [2.75, 3.05) is 23.3 Å². The molecule has 0 unspecified atom stereocenters. The summed E-state index contributed by atoms with van der Waals surface area (Å²) in [6.45, 7) is 7.34. The highest BCUT2D eigenvalue weighted by Crippen LogP contribution is 2.19. The van der Waals surface area contributed by atoms with Crippen LogP contribution in [0.2, 0.25) is 0 Å². The van der Waals surface area contributed by atoms with Gasteiger partial charge in [0.05, 0.1) is 0 Å². The summed E-state index contributed by atoms with van der Waals surface area (Å²) in [6, 6.07) is 15.9. The number of nitrogens with one attached hydrogen (secondary N) is 1. The summed E-state index contributed by atoms with van der Waals surface area (Å²) in [5, 5.41) is 12.9. The van der Waals surface area contributed by atoms with Crippen LogP contribution < -0.4 is 10.2 Å². The minimum Gasteiger partial charge on any atom is -0.508 e. The molecule has 0 bridgehead atoms. The Morgan fingerprint density at radius 3 is 2.23 bits per heavy atom. The molecule has 0 saturated heterocycles. The third-order valence-electron chi connectivity index (χ3n) is 3.63. The number of hydrogen-bond donors (Lipinski definition) is 2. The topological polar surface area (TPSA) is 35.5 Å². The first kappa shape index (κ1) is 16.2. The van der Waals surface area contributed by atoms with Crippen molar-refractivity contribution < 1.29 is 5.11 Å². The van der Waals surface area contributed by atoms with E-state index in [1.807, 2.05) is 12.1 Å². The maximum absolute atomic E-state index is 9.48. The van der Waals surface area contributed by atoms with Gasteiger partial charge in [-0.05, 0) is 54.8 Å². The molecule has 0 heterocycles. The zero-order chi connectivity index (χ0) is 15.8. The Hall–Kier alpha value is -2.16. The van der Waals surface area contributed by atoms with Gasteiger partial charge in [0.25, 0.3) is 0 Å². The lowest BCUT2D eigenvalue weighted by Gasteiger charge is -2.24. The molecule has 118 valence electrons. The van der Waals surface area contributed by atoms with Gasteiger partial charge in [-0.1, -0.05) is 26.0 Å². The molecule has 2 rings (SSSR count). The number of hydrogen-bond acceptors (Lipinski definition) is 3. The highest BCUT2D eigenvalue weighted by Gasteiger charge is 2.04. The van der Waals surface area contributed by atoms with Gasteiger partial charge in [0.2, 0.25) is 0 Å². The molecule has 0 amide bonds. The molecule has 2 aromatic carbocycles. The number of rotatable bonds is 8. The molecular weight excluding hydrogens is 272 g/mol. The molecular formula is C19H26N2O. The molecule has 0 atom stereocenters. The van der Waals surface area contributed by atoms with Gasteiger partial charge in [0, 0.05) is 31.0 Å². The fourth-order valence-electron chi connectivity index (χ4n) is 2.57. The number of aromatic hydroxyl groups is 1. The van der Waals surface area contributed by atoms with Gasteiger partial charge in [0.15, 0.2) is 0 Å². The second-order valence-corrected chi connectivity index (χ2v) is 5.56. The number of anilines is 2. The minimum absolute atomic E-state index is 0.310. The molecule has 2 N–H and O–H groups in total. The first-order valence-corrected chi connectivity index (χ1v) is 8.09. The van der Waals surface area contributed by atoms with E-state index in [9.17, 15) is 5.11 Å². The Labute approximate surface area is 133 Å². The predicted molar refractivity (Wildman–Crippen MR) is 94.7 cm³/mol. The third-order valence-corrected chi connectivity index (χ3v) is 3.63. The first-order valence-electron chi connectivity index (χ1n) is 8.09. The number of phenolic OH excluding ortho intramolecular Hbond substituents is 1. The molecule has 0 aliphatic rings. The van der Waals surface area contributed by atoms with Gasteiger partial charge in [0.1, 0.15) is 5.75 Å². The normalized spacial score (nSPS) is 10.5. The van der Waals surface area contributed by atoms with E-state index in [0.29, 0.717) is 12.3 Å². The van der Waals surface area contributed by atoms with Gasteiger partial charge in [-0.15, -0.1) is 0 Å². The van der Waals surface area contributed by atoms with Crippen LogP contribution >= 0.6 is 0 Å². The van der Waals surface area contributed by atoms with Gasteiger partial charge < -0.3 is 15.3 Å². The van der Waals surface area contributed by atoms with E-state index in [1.165, 1.54) is 5.69 Å². The van der Waals surface area contributed by atoms with Crippen molar-refractivity contribution in [2.45, 2.75) is 33.2 Å². The van der Waals surface area contributed by atoms with E-state index in [4.69, 9.17) is 0 Å². The average molecular weight is 298 g/mol. The number of phenols is 1. The smallest absolute Gasteiger partial charge is 0.115 e. The Morgan fingerprint density at radius 2 is 1.64 bits per heavy atom. The van der Waals surface area contributed by atoms with Gasteiger partial charge in [-0.25, -0.2) is 0 Å². The molecule has 0 radical (unpaired) electrons. The van der Waals surface area contributed by atoms with Crippen LogP contribution in [0.15, 0.2) is 48.5 Å². The van der Waals surface area contributed by atoms with Crippen LogP contribution in [0, 0.1) is 0 Å². The van der Waals surface area contributed by atoms with E-state index < -0.39 is 0 Å². The highest BCUT2D eigenvalue weighted by atomic mass is 16.3. The number of nitrogens with zero attached hydrogens (tertiary/aromatic N) is 1. The molecule has 0 aliphatic heterocycles. The summed E-state index contributed by atoms with van der Waals surface area (Å²) in [5.41, 5.74) is 3.45. The van der Waals surface area contributed by atoms with Crippen LogP contribution in [0.1, 0.15) is 32.3 Å². The van der Waals surface area contributed by atoms with Crippen LogP contribution in [0.4, 0.5) is 11.4 Å². The van der Waals surface area contributed by atoms with Crippen LogP contribution in [-0.2, 0) is 6.54 Å². The SMILES string of the molecule is CCCN(CCC)c1ccc(NCc2cccc(O)c2)cc1. The molecule has 0 fully saturated rings. The van der Waals surface area contributed by atoms with Crippen molar-refractivity contribution in [2.24, 2.45) is 0 Å². The molecule has 2 aromatic rings. The quantitative estimate of drug-likeness (QED) is 0.746. The Kier molecular flexibility index (Phi) is 6.13. The van der Waals surface area contributed by atoms with Crippen LogP contribution in [-0.4, -0.2) is 18.2 Å². The van der Waals surface area contributed by atoms with Crippen LogP contribution in [0.3, 0.4) is 0 Å². The van der Waals surface area contributed by atoms with Gasteiger partial charge >= 0.3 is 0 Å². The van der Waals surface area contributed by atoms with Gasteiger partial charge in [-0.3, -0.25) is 0 Å². The summed E-state index contributed by atoms with van der Waals surface area (Å²) in [5.74, 6) is 0.310. The van der Waals surface area contributed by atoms with E-state index >= 15 is 0 Å². The lowest BCUT2D eigenvalue weighted by molar-refractivity contribution is 0.474. The van der Waals surface area contributed by atoms with Crippen molar-refractivity contribution in [3.05, 3.63) is 54.1 Å². The maximum Gasteiger partial charge on any atom is 0.115 e. The van der Waals surface area contributed by atoms with E-state index in [-0.39, 0.29) is 0 Å². The standard InChI is InChI=1S/C19H26N2O/c1-3-12-21(13-4-2)18-10-8-17(9-11-18)20-15-16-6-5-7-19(22)14-16/h5-11,14,20,22H,3-4,12-13,15H2,1-2H3. The van der Waals surface area contributed by atoms with E-state index in [2.05, 4.69) is 48.3 Å². The van der Waals surface area contributed by atoms with E-state index in [0.717, 1.165) is 37.2 Å². The fourth-order valence-corrected chi connectivity index (χ4v) is 2.57. The molecule has 0 spiro atoms. The van der Waals surface area contributed by atoms with Gasteiger partial charge in [-0.2, -0.15) is 0 Å². The molecule has 22 heavy (non-hydrogen) atoms. The molecule has 0 aliphatic carbocycles. The highest BCUT2D eigenvalue weighted by molar-refractivity contribution is 5.55. The largest absolute Gasteiger partial charge is 0.508 e. The first-order chi connectivity index (χ1) is 10.7. The van der Waals surface area contributed by atoms with E-state index in [1.54, 1.807) is 12.1 Å². The lowest BCUT2D eigenvalue weighted by Crippen LogP contribution is -2.24. The Bertz CT molecular complexity index is 560. The summed E-state index contributed by atoms with van der Waals surface area (Å²) < 4.78 is 0.